The molecule has 0 atom stereocenters. The van der Waals surface area contributed by atoms with Crippen LogP contribution in [0.1, 0.15) is 16.9 Å². The van der Waals surface area contributed by atoms with Crippen molar-refractivity contribution in [3.63, 3.8) is 0 Å². The molecule has 1 saturated heterocycles. The normalized spacial score (nSPS) is 15.1. The summed E-state index contributed by atoms with van der Waals surface area (Å²) in [5.74, 6) is 0.0791. The van der Waals surface area contributed by atoms with Crippen molar-refractivity contribution in [3.8, 4) is 6.07 Å². The number of halogens is 1. The summed E-state index contributed by atoms with van der Waals surface area (Å²) in [6.45, 7) is 0.0571. The second-order valence-electron chi connectivity index (χ2n) is 6.25. The molecule has 0 radical (unpaired) electrons. The quantitative estimate of drug-likeness (QED) is 0.429. The third-order valence-corrected chi connectivity index (χ3v) is 6.34. The van der Waals surface area contributed by atoms with Gasteiger partial charge in [0.2, 0.25) is 0 Å². The number of carbonyl (C=O) groups excluding carboxylic acids is 2. The molecule has 0 saturated carbocycles. The average molecular weight is 453 g/mol. The predicted octanol–water partition coefficient (Wildman–Crippen LogP) is 6.19. The molecule has 1 fully saturated rings. The van der Waals surface area contributed by atoms with E-state index >= 15 is 0 Å². The molecule has 0 spiro atoms. The van der Waals surface area contributed by atoms with Gasteiger partial charge in [-0.05, 0) is 59.8 Å². The molecule has 1 aliphatic heterocycles. The third kappa shape index (κ3) is 4.46. The van der Waals surface area contributed by atoms with Gasteiger partial charge >= 0.3 is 0 Å². The lowest BCUT2D eigenvalue weighted by Gasteiger charge is -2.13. The second kappa shape index (κ2) is 8.84. The summed E-state index contributed by atoms with van der Waals surface area (Å²) in [5, 5.41) is 10.2. The van der Waals surface area contributed by atoms with E-state index in [0.29, 0.717) is 27.0 Å². The first-order valence-electron chi connectivity index (χ1n) is 8.80. The molecule has 8 heteroatoms. The van der Waals surface area contributed by atoms with Crippen molar-refractivity contribution in [2.75, 3.05) is 0 Å². The van der Waals surface area contributed by atoms with Gasteiger partial charge in [0.25, 0.3) is 11.1 Å². The van der Waals surface area contributed by atoms with Gasteiger partial charge in [-0.25, -0.2) is 0 Å². The zero-order valence-corrected chi connectivity index (χ0v) is 17.8. The molecule has 0 aliphatic carbocycles. The maximum atomic E-state index is 12.7. The van der Waals surface area contributed by atoms with Crippen LogP contribution in [0.5, 0.6) is 0 Å². The Hall–Kier alpha value is -2.92. The summed E-state index contributed by atoms with van der Waals surface area (Å²) >= 11 is 8.18. The van der Waals surface area contributed by atoms with E-state index in [-0.39, 0.29) is 16.7 Å². The second-order valence-corrected chi connectivity index (χ2v) is 8.76. The summed E-state index contributed by atoms with van der Waals surface area (Å²) in [7, 11) is 0. The lowest BCUT2D eigenvalue weighted by atomic mass is 10.1. The molecule has 1 aliphatic rings. The molecule has 2 aromatic carbocycles. The molecule has 4 rings (SSSR count). The molecular weight excluding hydrogens is 440 g/mol. The highest BCUT2D eigenvalue weighted by atomic mass is 35.5. The Morgan fingerprint density at radius 3 is 2.63 bits per heavy atom. The Balaban J connectivity index is 1.49. The van der Waals surface area contributed by atoms with Crippen molar-refractivity contribution < 1.29 is 14.0 Å². The zero-order chi connectivity index (χ0) is 21.1. The van der Waals surface area contributed by atoms with Gasteiger partial charge in [0.15, 0.2) is 5.09 Å². The van der Waals surface area contributed by atoms with E-state index in [1.165, 1.54) is 11.8 Å². The summed E-state index contributed by atoms with van der Waals surface area (Å²) in [5.41, 5.74) is 1.07. The van der Waals surface area contributed by atoms with Crippen LogP contribution in [0.3, 0.4) is 0 Å². The molecule has 1 aromatic heterocycles. The smallest absolute Gasteiger partial charge is 0.293 e. The first-order chi connectivity index (χ1) is 14.5. The number of thioether (sulfide) groups is 1. The number of nitrogens with zero attached hydrogens (tertiary/aromatic N) is 2. The molecule has 2 amide bonds. The Labute approximate surface area is 186 Å². The number of hydrogen-bond donors (Lipinski definition) is 0. The van der Waals surface area contributed by atoms with Gasteiger partial charge in [0.1, 0.15) is 5.76 Å². The fraction of sp³-hybridized carbons (Fsp3) is 0.0455. The molecule has 30 heavy (non-hydrogen) atoms. The van der Waals surface area contributed by atoms with E-state index in [0.717, 1.165) is 21.6 Å². The highest BCUT2D eigenvalue weighted by molar-refractivity contribution is 8.18. The molecule has 148 valence electrons. The van der Waals surface area contributed by atoms with Crippen molar-refractivity contribution in [1.82, 2.24) is 4.90 Å². The van der Waals surface area contributed by atoms with Crippen LogP contribution in [-0.2, 0) is 11.3 Å². The van der Waals surface area contributed by atoms with Crippen LogP contribution >= 0.6 is 35.1 Å². The van der Waals surface area contributed by atoms with E-state index in [1.807, 2.05) is 12.1 Å². The van der Waals surface area contributed by atoms with Gasteiger partial charge in [0.05, 0.1) is 23.1 Å². The van der Waals surface area contributed by atoms with Gasteiger partial charge in [0, 0.05) is 16.0 Å². The minimum Gasteiger partial charge on any atom is -0.450 e. The third-order valence-electron chi connectivity index (χ3n) is 4.25. The van der Waals surface area contributed by atoms with Crippen LogP contribution in [0.25, 0.3) is 6.08 Å². The number of amides is 2. The number of hydrogen-bond acceptors (Lipinski definition) is 6. The first-order valence-corrected chi connectivity index (χ1v) is 10.8. The van der Waals surface area contributed by atoms with Crippen molar-refractivity contribution in [2.45, 2.75) is 16.5 Å². The maximum Gasteiger partial charge on any atom is 0.293 e. The molecule has 5 nitrogen and oxygen atoms in total. The first kappa shape index (κ1) is 20.4. The molecular formula is C22H13ClN2O3S2. The number of imide groups is 1. The SMILES string of the molecule is N#Cc1ccccc1CN1C(=O)S/C(=C\c2ccc(Sc3ccc(Cl)cc3)o2)C1=O. The van der Waals surface area contributed by atoms with E-state index in [1.54, 1.807) is 54.6 Å². The number of furan rings is 1. The summed E-state index contributed by atoms with van der Waals surface area (Å²) in [4.78, 5) is 27.5. The topological polar surface area (TPSA) is 74.3 Å². The van der Waals surface area contributed by atoms with Crippen LogP contribution in [0.4, 0.5) is 4.79 Å². The van der Waals surface area contributed by atoms with Gasteiger partial charge in [-0.1, -0.05) is 41.6 Å². The van der Waals surface area contributed by atoms with E-state index in [9.17, 15) is 14.9 Å². The number of nitriles is 1. The molecule has 2 heterocycles. The van der Waals surface area contributed by atoms with Crippen molar-refractivity contribution >= 4 is 52.3 Å². The fourth-order valence-corrected chi connectivity index (χ4v) is 4.51. The maximum absolute atomic E-state index is 12.7. The van der Waals surface area contributed by atoms with Crippen molar-refractivity contribution in [3.05, 3.63) is 87.5 Å². The van der Waals surface area contributed by atoms with Gasteiger partial charge < -0.3 is 4.42 Å². The van der Waals surface area contributed by atoms with Crippen molar-refractivity contribution in [1.29, 1.82) is 5.26 Å². The summed E-state index contributed by atoms with van der Waals surface area (Å²) in [6, 6.07) is 19.9. The molecule has 3 aromatic rings. The van der Waals surface area contributed by atoms with Crippen LogP contribution in [-0.4, -0.2) is 16.0 Å². The van der Waals surface area contributed by atoms with E-state index in [4.69, 9.17) is 16.0 Å². The molecule has 0 bridgehead atoms. The van der Waals surface area contributed by atoms with Crippen molar-refractivity contribution in [2.24, 2.45) is 0 Å². The van der Waals surface area contributed by atoms with Crippen LogP contribution < -0.4 is 0 Å². The summed E-state index contributed by atoms with van der Waals surface area (Å²) in [6.07, 6.45) is 1.56. The van der Waals surface area contributed by atoms with Gasteiger partial charge in [-0.2, -0.15) is 5.26 Å². The number of rotatable bonds is 5. The van der Waals surface area contributed by atoms with Crippen LogP contribution in [0, 0.1) is 11.3 Å². The largest absolute Gasteiger partial charge is 0.450 e. The van der Waals surface area contributed by atoms with Gasteiger partial charge in [-0.3, -0.25) is 14.5 Å². The number of benzene rings is 2. The molecule has 0 N–H and O–H groups in total. The highest BCUT2D eigenvalue weighted by Crippen LogP contribution is 2.35. The van der Waals surface area contributed by atoms with Crippen LogP contribution in [0.15, 0.2) is 80.0 Å². The minimum absolute atomic E-state index is 0.0571. The predicted molar refractivity (Wildman–Crippen MR) is 117 cm³/mol. The summed E-state index contributed by atoms with van der Waals surface area (Å²) < 4.78 is 5.77. The average Bonchev–Trinajstić information content (AvgIpc) is 3.29. The lowest BCUT2D eigenvalue weighted by Crippen LogP contribution is -2.27. The fourth-order valence-electron chi connectivity index (χ4n) is 2.79. The Morgan fingerprint density at radius 1 is 1.10 bits per heavy atom. The van der Waals surface area contributed by atoms with E-state index in [2.05, 4.69) is 6.07 Å². The number of carbonyl (C=O) groups is 2. The molecule has 0 unspecified atom stereocenters. The Morgan fingerprint density at radius 2 is 1.87 bits per heavy atom. The zero-order valence-electron chi connectivity index (χ0n) is 15.4. The lowest BCUT2D eigenvalue weighted by molar-refractivity contribution is -0.123. The highest BCUT2D eigenvalue weighted by Gasteiger charge is 2.35. The minimum atomic E-state index is -0.402. The van der Waals surface area contributed by atoms with Crippen LogP contribution in [0.2, 0.25) is 5.02 Å². The standard InChI is InChI=1S/C22H13ClN2O3S2/c23-16-5-8-18(9-6-16)29-20-10-7-17(28-20)11-19-21(26)25(22(27)30-19)13-15-4-2-1-3-14(15)12-24/h1-11H,13H2/b19-11-. The Bertz CT molecular complexity index is 1200. The Kier molecular flexibility index (Phi) is 6.00. The monoisotopic (exact) mass is 452 g/mol. The van der Waals surface area contributed by atoms with E-state index < -0.39 is 5.91 Å². The van der Waals surface area contributed by atoms with Gasteiger partial charge in [-0.15, -0.1) is 0 Å².